The molecule has 1 aromatic carbocycles. The van der Waals surface area contributed by atoms with Crippen molar-refractivity contribution >= 4 is 20.2 Å². The van der Waals surface area contributed by atoms with Crippen molar-refractivity contribution in [2.24, 2.45) is 0 Å². The highest BCUT2D eigenvalue weighted by atomic mass is 32.2. The van der Waals surface area contributed by atoms with Gasteiger partial charge in [0.25, 0.3) is 10.1 Å². The second kappa shape index (κ2) is 6.17. The minimum atomic E-state index is -4.37. The third-order valence-corrected chi connectivity index (χ3v) is 5.26. The van der Waals surface area contributed by atoms with E-state index in [0.717, 1.165) is 38.4 Å². The highest BCUT2D eigenvalue weighted by molar-refractivity contribution is 7.86. The third kappa shape index (κ3) is 4.21. The maximum absolute atomic E-state index is 11.6. The summed E-state index contributed by atoms with van der Waals surface area (Å²) in [5.74, 6) is 0.0867. The molecule has 1 aliphatic carbocycles. The Kier molecular flexibility index (Phi) is 4.84. The molecule has 124 valence electrons. The summed E-state index contributed by atoms with van der Waals surface area (Å²) in [6.07, 6.45) is 5.60. The average Bonchev–Trinajstić information content (AvgIpc) is 2.39. The fourth-order valence-corrected chi connectivity index (χ4v) is 4.24. The van der Waals surface area contributed by atoms with Crippen LogP contribution in [0.15, 0.2) is 17.0 Å². The Balaban J connectivity index is 2.57. The molecule has 0 heterocycles. The number of hydrogen-bond acceptors (Lipinski definition) is 5. The Morgan fingerprint density at radius 3 is 2.18 bits per heavy atom. The van der Waals surface area contributed by atoms with E-state index in [9.17, 15) is 21.4 Å². The molecular weight excluding hydrogens is 328 g/mol. The topological polar surface area (TPSA) is 97.7 Å². The van der Waals surface area contributed by atoms with Gasteiger partial charge in [-0.3, -0.25) is 4.55 Å². The Bertz CT molecular complexity index is 759. The Labute approximate surface area is 131 Å². The lowest BCUT2D eigenvalue weighted by molar-refractivity contribution is 0.431. The van der Waals surface area contributed by atoms with E-state index in [1.807, 2.05) is 0 Å². The van der Waals surface area contributed by atoms with Crippen LogP contribution in [0.5, 0.6) is 5.75 Å². The first-order valence-corrected chi connectivity index (χ1v) is 10.3. The lowest BCUT2D eigenvalue weighted by Gasteiger charge is -2.24. The Morgan fingerprint density at radius 1 is 1.09 bits per heavy atom. The molecule has 0 saturated heterocycles. The van der Waals surface area contributed by atoms with E-state index >= 15 is 0 Å². The molecule has 1 aliphatic rings. The van der Waals surface area contributed by atoms with Crippen LogP contribution in [0, 0.1) is 6.92 Å². The first kappa shape index (κ1) is 17.2. The quantitative estimate of drug-likeness (QED) is 0.663. The predicted octanol–water partition coefficient (Wildman–Crippen LogP) is 2.63. The van der Waals surface area contributed by atoms with Crippen molar-refractivity contribution in [2.75, 3.05) is 6.26 Å². The molecule has 0 aliphatic heterocycles. The molecule has 1 aromatic rings. The molecule has 1 fully saturated rings. The van der Waals surface area contributed by atoms with Gasteiger partial charge in [0, 0.05) is 0 Å². The maximum atomic E-state index is 11.6. The van der Waals surface area contributed by atoms with Crippen LogP contribution in [0.1, 0.15) is 49.1 Å². The molecule has 0 bridgehead atoms. The molecule has 22 heavy (non-hydrogen) atoms. The van der Waals surface area contributed by atoms with Gasteiger partial charge in [-0.15, -0.1) is 0 Å². The Hall–Kier alpha value is -1.12. The monoisotopic (exact) mass is 348 g/mol. The van der Waals surface area contributed by atoms with Gasteiger partial charge in [0.1, 0.15) is 5.75 Å². The van der Waals surface area contributed by atoms with Gasteiger partial charge in [-0.2, -0.15) is 16.8 Å². The van der Waals surface area contributed by atoms with E-state index in [1.165, 1.54) is 12.1 Å². The highest BCUT2D eigenvalue weighted by Crippen LogP contribution is 2.39. The molecule has 0 spiro atoms. The SMILES string of the molecule is Cc1cc(S(=O)(=O)O)c(C2CCCCC2)cc1OS(C)(=O)=O. The lowest BCUT2D eigenvalue weighted by atomic mass is 9.83. The molecule has 0 atom stereocenters. The third-order valence-electron chi connectivity index (χ3n) is 3.87. The zero-order chi connectivity index (χ0) is 16.5. The van der Waals surface area contributed by atoms with Crippen molar-refractivity contribution in [1.82, 2.24) is 0 Å². The molecule has 0 radical (unpaired) electrons. The van der Waals surface area contributed by atoms with E-state index in [4.69, 9.17) is 4.18 Å². The largest absolute Gasteiger partial charge is 0.382 e. The summed E-state index contributed by atoms with van der Waals surface area (Å²) in [6, 6.07) is 2.72. The van der Waals surface area contributed by atoms with E-state index < -0.39 is 20.2 Å². The van der Waals surface area contributed by atoms with Crippen LogP contribution in [0.25, 0.3) is 0 Å². The minimum Gasteiger partial charge on any atom is -0.382 e. The lowest BCUT2D eigenvalue weighted by Crippen LogP contribution is -2.13. The van der Waals surface area contributed by atoms with Crippen LogP contribution in [0.4, 0.5) is 0 Å². The summed E-state index contributed by atoms with van der Waals surface area (Å²) in [5.41, 5.74) is 0.782. The van der Waals surface area contributed by atoms with E-state index in [-0.39, 0.29) is 16.6 Å². The van der Waals surface area contributed by atoms with Gasteiger partial charge < -0.3 is 4.18 Å². The fraction of sp³-hybridized carbons (Fsp3) is 0.571. The van der Waals surface area contributed by atoms with Crippen molar-refractivity contribution in [3.8, 4) is 5.75 Å². The van der Waals surface area contributed by atoms with Gasteiger partial charge in [-0.25, -0.2) is 0 Å². The van der Waals surface area contributed by atoms with E-state index in [0.29, 0.717) is 11.1 Å². The van der Waals surface area contributed by atoms with Gasteiger partial charge >= 0.3 is 10.1 Å². The molecule has 0 amide bonds. The zero-order valence-corrected chi connectivity index (χ0v) is 14.2. The van der Waals surface area contributed by atoms with Crippen LogP contribution in [0.3, 0.4) is 0 Å². The summed E-state index contributed by atoms with van der Waals surface area (Å²) in [4.78, 5) is -0.155. The van der Waals surface area contributed by atoms with E-state index in [2.05, 4.69) is 0 Å². The summed E-state index contributed by atoms with van der Waals surface area (Å²) in [6.45, 7) is 1.54. The Morgan fingerprint density at radius 2 is 1.68 bits per heavy atom. The van der Waals surface area contributed by atoms with Crippen molar-refractivity contribution in [1.29, 1.82) is 0 Å². The molecule has 1 saturated carbocycles. The van der Waals surface area contributed by atoms with Crippen LogP contribution in [-0.2, 0) is 20.2 Å². The van der Waals surface area contributed by atoms with E-state index in [1.54, 1.807) is 6.92 Å². The molecule has 2 rings (SSSR count). The number of rotatable bonds is 4. The smallest absolute Gasteiger partial charge is 0.306 e. The van der Waals surface area contributed by atoms with Crippen molar-refractivity contribution < 1.29 is 25.6 Å². The fourth-order valence-electron chi connectivity index (χ4n) is 2.89. The van der Waals surface area contributed by atoms with Crippen LogP contribution < -0.4 is 4.18 Å². The molecule has 8 heteroatoms. The standard InChI is InChI=1S/C14H20O6S2/c1-10-8-14(22(17,18)19)12(11-6-4-3-5-7-11)9-13(10)20-21(2,15)16/h8-9,11H,3-7H2,1-2H3,(H,17,18,19). The predicted molar refractivity (Wildman–Crippen MR) is 82.3 cm³/mol. The summed E-state index contributed by atoms with van der Waals surface area (Å²) in [7, 11) is -8.08. The van der Waals surface area contributed by atoms with Gasteiger partial charge in [0.2, 0.25) is 0 Å². The van der Waals surface area contributed by atoms with Gasteiger partial charge in [0.15, 0.2) is 0 Å². The van der Waals surface area contributed by atoms with Crippen LogP contribution >= 0.6 is 0 Å². The first-order valence-electron chi connectivity index (χ1n) is 7.09. The first-order chi connectivity index (χ1) is 10.1. The highest BCUT2D eigenvalue weighted by Gasteiger charge is 2.26. The summed E-state index contributed by atoms with van der Waals surface area (Å²) in [5, 5.41) is 0. The summed E-state index contributed by atoms with van der Waals surface area (Å²) < 4.78 is 60.3. The van der Waals surface area contributed by atoms with Gasteiger partial charge in [0.05, 0.1) is 11.2 Å². The average molecular weight is 348 g/mol. The minimum absolute atomic E-state index is 0.0202. The number of hydrogen-bond donors (Lipinski definition) is 1. The van der Waals surface area contributed by atoms with Crippen molar-refractivity contribution in [3.05, 3.63) is 23.3 Å². The molecule has 1 N–H and O–H groups in total. The van der Waals surface area contributed by atoms with Gasteiger partial charge in [-0.05, 0) is 48.9 Å². The normalized spacial score (nSPS) is 17.4. The maximum Gasteiger partial charge on any atom is 0.306 e. The number of benzene rings is 1. The van der Waals surface area contributed by atoms with Crippen molar-refractivity contribution in [3.63, 3.8) is 0 Å². The second-order valence-electron chi connectivity index (χ2n) is 5.75. The second-order valence-corrected chi connectivity index (χ2v) is 8.72. The van der Waals surface area contributed by atoms with Crippen LogP contribution in [0.2, 0.25) is 0 Å². The molecule has 0 unspecified atom stereocenters. The van der Waals surface area contributed by atoms with Crippen molar-refractivity contribution in [2.45, 2.75) is 49.8 Å². The summed E-state index contributed by atoms with van der Waals surface area (Å²) >= 11 is 0. The molecular formula is C14H20O6S2. The van der Waals surface area contributed by atoms with Crippen LogP contribution in [-0.4, -0.2) is 27.6 Å². The zero-order valence-electron chi connectivity index (χ0n) is 12.6. The van der Waals surface area contributed by atoms with Gasteiger partial charge in [-0.1, -0.05) is 19.3 Å². The number of aryl methyl sites for hydroxylation is 1. The molecule has 6 nitrogen and oxygen atoms in total. The molecule has 0 aromatic heterocycles.